The highest BCUT2D eigenvalue weighted by Crippen LogP contribution is 2.31. The highest BCUT2D eigenvalue weighted by Gasteiger charge is 2.14. The quantitative estimate of drug-likeness (QED) is 0.394. The van der Waals surface area contributed by atoms with Crippen LogP contribution >= 0.6 is 11.3 Å². The van der Waals surface area contributed by atoms with E-state index in [1.165, 1.54) is 19.1 Å². The van der Waals surface area contributed by atoms with Gasteiger partial charge >= 0.3 is 0 Å². The number of hydrogen-bond donors (Lipinski definition) is 1. The van der Waals surface area contributed by atoms with Crippen LogP contribution in [0.1, 0.15) is 31.6 Å². The van der Waals surface area contributed by atoms with Crippen molar-refractivity contribution in [3.8, 4) is 11.3 Å². The van der Waals surface area contributed by atoms with Crippen molar-refractivity contribution in [2.45, 2.75) is 26.7 Å². The van der Waals surface area contributed by atoms with Crippen LogP contribution in [0.25, 0.3) is 27.0 Å². The van der Waals surface area contributed by atoms with Crippen molar-refractivity contribution in [3.05, 3.63) is 59.6 Å². The third-order valence-corrected chi connectivity index (χ3v) is 6.16. The predicted octanol–water partition coefficient (Wildman–Crippen LogP) is 6.20. The molecule has 1 saturated heterocycles. The maximum absolute atomic E-state index is 7.77. The molecule has 0 aliphatic carbocycles. The molecule has 0 saturated carbocycles. The molecule has 0 atom stereocenters. The van der Waals surface area contributed by atoms with E-state index < -0.39 is 0 Å². The second-order valence-corrected chi connectivity index (χ2v) is 8.73. The number of rotatable bonds is 6. The minimum atomic E-state index is 0.496. The van der Waals surface area contributed by atoms with E-state index in [-0.39, 0.29) is 0 Å². The Morgan fingerprint density at radius 3 is 2.69 bits per heavy atom. The summed E-state index contributed by atoms with van der Waals surface area (Å²) in [6.45, 7) is 6.49. The number of thiophene rings is 1. The van der Waals surface area contributed by atoms with Gasteiger partial charge in [0.1, 0.15) is 10.6 Å². The molecule has 0 bridgehead atoms. The zero-order valence-electron chi connectivity index (χ0n) is 16.9. The number of pyridine rings is 2. The summed E-state index contributed by atoms with van der Waals surface area (Å²) >= 11 is 1.63. The SMILES string of the molecule is CC(C)/C=C\C=C(/C=N)c1cc2ccc(-c3ccc(N4CCCC4)nc3)nc2s1. The first-order valence-corrected chi connectivity index (χ1v) is 11.0. The number of aromatic nitrogens is 2. The first-order valence-electron chi connectivity index (χ1n) is 10.2. The fraction of sp³-hybridized carbons (Fsp3) is 0.292. The van der Waals surface area contributed by atoms with Gasteiger partial charge in [0.15, 0.2) is 0 Å². The summed E-state index contributed by atoms with van der Waals surface area (Å²) in [7, 11) is 0. The molecule has 0 radical (unpaired) electrons. The molecule has 1 fully saturated rings. The van der Waals surface area contributed by atoms with Gasteiger partial charge in [-0.3, -0.25) is 0 Å². The minimum Gasteiger partial charge on any atom is -0.357 e. The second kappa shape index (κ2) is 8.70. The molecule has 0 spiro atoms. The van der Waals surface area contributed by atoms with E-state index in [2.05, 4.69) is 60.1 Å². The Bertz CT molecular complexity index is 1050. The van der Waals surface area contributed by atoms with E-state index in [9.17, 15) is 0 Å². The van der Waals surface area contributed by atoms with Crippen molar-refractivity contribution in [2.75, 3.05) is 18.0 Å². The smallest absolute Gasteiger partial charge is 0.128 e. The first-order chi connectivity index (χ1) is 14.1. The Hall–Kier alpha value is -2.79. The Kier molecular flexibility index (Phi) is 5.86. The maximum Gasteiger partial charge on any atom is 0.128 e. The van der Waals surface area contributed by atoms with Gasteiger partial charge < -0.3 is 10.3 Å². The van der Waals surface area contributed by atoms with Crippen LogP contribution in [0.3, 0.4) is 0 Å². The van der Waals surface area contributed by atoms with E-state index in [1.54, 1.807) is 11.3 Å². The summed E-state index contributed by atoms with van der Waals surface area (Å²) in [5.41, 5.74) is 2.88. The van der Waals surface area contributed by atoms with Gasteiger partial charge in [-0.25, -0.2) is 9.97 Å². The molecule has 1 aliphatic rings. The van der Waals surface area contributed by atoms with Crippen LogP contribution in [-0.2, 0) is 0 Å². The molecule has 148 valence electrons. The van der Waals surface area contributed by atoms with E-state index in [0.717, 1.165) is 50.8 Å². The lowest BCUT2D eigenvalue weighted by atomic mass is 10.1. The van der Waals surface area contributed by atoms with Gasteiger partial charge in [0.05, 0.1) is 5.69 Å². The summed E-state index contributed by atoms with van der Waals surface area (Å²) in [6.07, 6.45) is 12.0. The molecule has 1 N–H and O–H groups in total. The summed E-state index contributed by atoms with van der Waals surface area (Å²) in [6, 6.07) is 10.5. The van der Waals surface area contributed by atoms with E-state index in [4.69, 9.17) is 10.4 Å². The largest absolute Gasteiger partial charge is 0.357 e. The van der Waals surface area contributed by atoms with Gasteiger partial charge in [0, 0.05) is 46.9 Å². The van der Waals surface area contributed by atoms with Crippen molar-refractivity contribution in [2.24, 2.45) is 5.92 Å². The molecule has 4 nitrogen and oxygen atoms in total. The summed E-state index contributed by atoms with van der Waals surface area (Å²) in [4.78, 5) is 13.9. The van der Waals surface area contributed by atoms with Gasteiger partial charge in [0.2, 0.25) is 0 Å². The normalized spacial score (nSPS) is 15.1. The third-order valence-electron chi connectivity index (χ3n) is 5.07. The Labute approximate surface area is 176 Å². The van der Waals surface area contributed by atoms with E-state index in [1.807, 2.05) is 18.3 Å². The van der Waals surface area contributed by atoms with E-state index in [0.29, 0.717) is 5.92 Å². The Morgan fingerprint density at radius 2 is 2.00 bits per heavy atom. The maximum atomic E-state index is 7.77. The zero-order valence-corrected chi connectivity index (χ0v) is 17.7. The van der Waals surface area contributed by atoms with E-state index >= 15 is 0 Å². The van der Waals surface area contributed by atoms with Crippen LogP contribution in [0.15, 0.2) is 54.8 Å². The summed E-state index contributed by atoms with van der Waals surface area (Å²) < 4.78 is 0. The highest BCUT2D eigenvalue weighted by molar-refractivity contribution is 7.19. The molecule has 3 aromatic rings. The average Bonchev–Trinajstić information content (AvgIpc) is 3.40. The van der Waals surface area contributed by atoms with Crippen LogP contribution in [0, 0.1) is 11.3 Å². The lowest BCUT2D eigenvalue weighted by Gasteiger charge is -2.16. The van der Waals surface area contributed by atoms with Crippen LogP contribution in [0.5, 0.6) is 0 Å². The Balaban J connectivity index is 1.60. The lowest BCUT2D eigenvalue weighted by molar-refractivity contribution is 0.832. The van der Waals surface area contributed by atoms with Crippen LogP contribution in [0.4, 0.5) is 5.82 Å². The van der Waals surface area contributed by atoms with Gasteiger partial charge in [-0.2, -0.15) is 0 Å². The number of hydrogen-bond acceptors (Lipinski definition) is 5. The van der Waals surface area contributed by atoms with Gasteiger partial charge in [-0.15, -0.1) is 11.3 Å². The first kappa shape index (κ1) is 19.5. The van der Waals surface area contributed by atoms with Crippen LogP contribution in [0.2, 0.25) is 0 Å². The number of allylic oxidation sites excluding steroid dienone is 4. The second-order valence-electron chi connectivity index (χ2n) is 7.70. The fourth-order valence-corrected chi connectivity index (χ4v) is 4.50. The molecule has 4 heterocycles. The molecule has 1 aliphatic heterocycles. The number of anilines is 1. The van der Waals surface area contributed by atoms with Gasteiger partial charge in [-0.1, -0.05) is 32.1 Å². The molecule has 5 heteroatoms. The van der Waals surface area contributed by atoms with Crippen LogP contribution in [-0.4, -0.2) is 29.3 Å². The summed E-state index contributed by atoms with van der Waals surface area (Å²) in [5, 5.41) is 8.88. The van der Waals surface area contributed by atoms with Crippen molar-refractivity contribution in [3.63, 3.8) is 0 Å². The van der Waals surface area contributed by atoms with Crippen molar-refractivity contribution < 1.29 is 0 Å². The molecule has 3 aromatic heterocycles. The molecule has 0 aromatic carbocycles. The molecule has 29 heavy (non-hydrogen) atoms. The highest BCUT2D eigenvalue weighted by atomic mass is 32.1. The monoisotopic (exact) mass is 402 g/mol. The number of nitrogens with one attached hydrogen (secondary N) is 1. The van der Waals surface area contributed by atoms with Crippen molar-refractivity contribution >= 4 is 39.2 Å². The summed E-state index contributed by atoms with van der Waals surface area (Å²) in [5.74, 6) is 1.55. The molecule has 4 rings (SSSR count). The minimum absolute atomic E-state index is 0.496. The van der Waals surface area contributed by atoms with Crippen LogP contribution < -0.4 is 4.90 Å². The van der Waals surface area contributed by atoms with Crippen molar-refractivity contribution in [1.29, 1.82) is 5.41 Å². The number of fused-ring (bicyclic) bond motifs is 1. The number of nitrogens with zero attached hydrogens (tertiary/aromatic N) is 3. The predicted molar refractivity (Wildman–Crippen MR) is 125 cm³/mol. The fourth-order valence-electron chi connectivity index (χ4n) is 3.47. The topological polar surface area (TPSA) is 52.9 Å². The molecule has 0 unspecified atom stereocenters. The molecular formula is C24H26N4S. The lowest BCUT2D eigenvalue weighted by Crippen LogP contribution is -2.18. The molecular weight excluding hydrogens is 376 g/mol. The van der Waals surface area contributed by atoms with Crippen molar-refractivity contribution in [1.82, 2.24) is 9.97 Å². The van der Waals surface area contributed by atoms with Gasteiger partial charge in [-0.05, 0) is 49.1 Å². The molecule has 0 amide bonds. The Morgan fingerprint density at radius 1 is 1.17 bits per heavy atom. The van der Waals surface area contributed by atoms with Gasteiger partial charge in [0.25, 0.3) is 0 Å². The zero-order chi connectivity index (χ0) is 20.2. The standard InChI is InChI=1S/C24H26N4S/c1-17(2)6-5-7-19(15-25)22-14-18-8-10-21(27-24(18)29-22)20-9-11-23(26-16-20)28-12-3-4-13-28/h5-11,14-17,25H,3-4,12-13H2,1-2H3/b6-5-,19-7+,25-15?. The average molecular weight is 403 g/mol. The third kappa shape index (κ3) is 4.46.